The molecule has 0 fully saturated rings. The molecule has 0 radical (unpaired) electrons. The van der Waals surface area contributed by atoms with Gasteiger partial charge in [-0.1, -0.05) is 77.1 Å². The largest absolute Gasteiger partial charge is 0.497 e. The minimum absolute atomic E-state index is 0.0661. The molecule has 0 aliphatic heterocycles. The summed E-state index contributed by atoms with van der Waals surface area (Å²) >= 11 is 0. The lowest BCUT2D eigenvalue weighted by Crippen LogP contribution is -2.49. The Bertz CT molecular complexity index is 872. The summed E-state index contributed by atoms with van der Waals surface area (Å²) in [4.78, 5) is 12.1. The number of carbonyl (C=O) groups excluding carboxylic acids is 1. The molecule has 0 aromatic heterocycles. The predicted octanol–water partition coefficient (Wildman–Crippen LogP) is 6.41. The Kier molecular flexibility index (Phi) is 10.1. The van der Waals surface area contributed by atoms with Crippen molar-refractivity contribution >= 4 is 14.6 Å². The average Bonchev–Trinajstić information content (AvgIpc) is 2.80. The maximum Gasteiger partial charge on any atom is 0.192 e. The van der Waals surface area contributed by atoms with Crippen molar-refractivity contribution in [3.05, 3.63) is 65.7 Å². The van der Waals surface area contributed by atoms with Gasteiger partial charge >= 0.3 is 0 Å². The first kappa shape index (κ1) is 28.2. The Morgan fingerprint density at radius 3 is 1.94 bits per heavy atom. The molecule has 0 heterocycles. The molecule has 6 heteroatoms. The van der Waals surface area contributed by atoms with Gasteiger partial charge in [0.25, 0.3) is 0 Å². The van der Waals surface area contributed by atoms with E-state index >= 15 is 0 Å². The van der Waals surface area contributed by atoms with Crippen LogP contribution in [0.3, 0.4) is 0 Å². The van der Waals surface area contributed by atoms with Crippen LogP contribution in [0.2, 0.25) is 18.1 Å². The first-order valence-corrected chi connectivity index (χ1v) is 14.8. The molecule has 2 rings (SSSR count). The average molecular weight is 487 g/mol. The normalized spacial score (nSPS) is 14.5. The van der Waals surface area contributed by atoms with E-state index < -0.39 is 25.9 Å². The summed E-state index contributed by atoms with van der Waals surface area (Å²) in [5.41, 5.74) is 1.31. The van der Waals surface area contributed by atoms with Gasteiger partial charge in [0.05, 0.1) is 33.0 Å². The van der Waals surface area contributed by atoms with Gasteiger partial charge in [-0.05, 0) is 41.4 Å². The number of ether oxygens (including phenoxy) is 3. The summed E-state index contributed by atoms with van der Waals surface area (Å²) in [5, 5.41) is 0.0661. The number of hydrogen-bond acceptors (Lipinski definition) is 5. The van der Waals surface area contributed by atoms with Crippen molar-refractivity contribution in [1.82, 2.24) is 0 Å². The monoisotopic (exact) mass is 486 g/mol. The molecular formula is C28H42O5Si. The second-order valence-corrected chi connectivity index (χ2v) is 15.7. The van der Waals surface area contributed by atoms with Crippen molar-refractivity contribution in [1.29, 1.82) is 0 Å². The lowest BCUT2D eigenvalue weighted by molar-refractivity contribution is -0.153. The van der Waals surface area contributed by atoms with Crippen molar-refractivity contribution in [3.8, 4) is 5.75 Å². The van der Waals surface area contributed by atoms with Crippen LogP contribution in [0, 0.1) is 5.41 Å². The summed E-state index contributed by atoms with van der Waals surface area (Å²) in [7, 11) is -0.382. The van der Waals surface area contributed by atoms with Crippen LogP contribution in [0.25, 0.3) is 0 Å². The van der Waals surface area contributed by atoms with Gasteiger partial charge in [-0.2, -0.15) is 0 Å². The van der Waals surface area contributed by atoms with E-state index in [0.717, 1.165) is 23.2 Å². The topological polar surface area (TPSA) is 54.0 Å². The number of hydrogen-bond donors (Lipinski definition) is 0. The van der Waals surface area contributed by atoms with Gasteiger partial charge in [0.2, 0.25) is 0 Å². The van der Waals surface area contributed by atoms with E-state index in [4.69, 9.17) is 18.6 Å². The van der Waals surface area contributed by atoms with E-state index in [2.05, 4.69) is 33.9 Å². The van der Waals surface area contributed by atoms with E-state index in [9.17, 15) is 4.79 Å². The van der Waals surface area contributed by atoms with Crippen LogP contribution in [0.1, 0.15) is 45.7 Å². The quantitative estimate of drug-likeness (QED) is 0.242. The van der Waals surface area contributed by atoms with Crippen molar-refractivity contribution in [3.63, 3.8) is 0 Å². The lowest BCUT2D eigenvalue weighted by Gasteiger charge is -2.40. The Hall–Kier alpha value is -1.99. The number of methoxy groups -OCH3 is 1. The first-order chi connectivity index (χ1) is 15.9. The number of rotatable bonds is 13. The van der Waals surface area contributed by atoms with Crippen LogP contribution in [0.4, 0.5) is 0 Å². The molecule has 0 unspecified atom stereocenters. The number of benzene rings is 2. The third-order valence-corrected chi connectivity index (χ3v) is 11.2. The molecule has 34 heavy (non-hydrogen) atoms. The lowest BCUT2D eigenvalue weighted by atomic mass is 9.85. The molecule has 5 nitrogen and oxygen atoms in total. The highest BCUT2D eigenvalue weighted by Gasteiger charge is 2.42. The smallest absolute Gasteiger partial charge is 0.192 e. The maximum atomic E-state index is 12.1. The van der Waals surface area contributed by atoms with Gasteiger partial charge in [0, 0.05) is 5.41 Å². The second-order valence-electron chi connectivity index (χ2n) is 10.9. The van der Waals surface area contributed by atoms with Gasteiger partial charge in [-0.15, -0.1) is 0 Å². The number of aldehydes is 1. The Balaban J connectivity index is 2.26. The van der Waals surface area contributed by atoms with E-state index in [1.807, 2.05) is 68.4 Å². The Morgan fingerprint density at radius 2 is 1.41 bits per heavy atom. The minimum Gasteiger partial charge on any atom is -0.497 e. The molecule has 0 amide bonds. The first-order valence-electron chi connectivity index (χ1n) is 11.9. The molecule has 0 spiro atoms. The van der Waals surface area contributed by atoms with Crippen LogP contribution in [-0.2, 0) is 31.9 Å². The third kappa shape index (κ3) is 8.05. The molecule has 0 bridgehead atoms. The summed E-state index contributed by atoms with van der Waals surface area (Å²) in [5.74, 6) is 0.792. The summed E-state index contributed by atoms with van der Waals surface area (Å²) in [6.07, 6.45) is 0.0602. The van der Waals surface area contributed by atoms with Crippen LogP contribution >= 0.6 is 0 Å². The highest BCUT2D eigenvalue weighted by molar-refractivity contribution is 6.74. The molecule has 0 aliphatic carbocycles. The molecule has 2 aromatic carbocycles. The van der Waals surface area contributed by atoms with E-state index in [-0.39, 0.29) is 5.04 Å². The van der Waals surface area contributed by atoms with Crippen LogP contribution in [-0.4, -0.2) is 40.5 Å². The molecule has 0 N–H and O–H groups in total. The highest BCUT2D eigenvalue weighted by atomic mass is 28.4. The van der Waals surface area contributed by atoms with Crippen molar-refractivity contribution in [2.45, 2.75) is 78.2 Å². The van der Waals surface area contributed by atoms with Crippen molar-refractivity contribution in [2.75, 3.05) is 13.7 Å². The van der Waals surface area contributed by atoms with Gasteiger partial charge in [-0.3, -0.25) is 0 Å². The summed E-state index contributed by atoms with van der Waals surface area (Å²) < 4.78 is 24.6. The predicted molar refractivity (Wildman–Crippen MR) is 140 cm³/mol. The molecule has 2 aromatic rings. The van der Waals surface area contributed by atoms with Gasteiger partial charge in [0.15, 0.2) is 8.32 Å². The zero-order chi connectivity index (χ0) is 25.4. The minimum atomic E-state index is -2.03. The molecule has 0 saturated heterocycles. The third-order valence-electron chi connectivity index (χ3n) is 6.68. The molecule has 2 atom stereocenters. The number of carbonyl (C=O) groups is 1. The molecular weight excluding hydrogens is 444 g/mol. The van der Waals surface area contributed by atoms with Crippen molar-refractivity contribution in [2.24, 2.45) is 5.41 Å². The van der Waals surface area contributed by atoms with E-state index in [1.54, 1.807) is 7.11 Å². The summed E-state index contributed by atoms with van der Waals surface area (Å²) in [6, 6.07) is 17.8. The van der Waals surface area contributed by atoms with Gasteiger partial charge in [-0.25, -0.2) is 0 Å². The van der Waals surface area contributed by atoms with Gasteiger partial charge in [0.1, 0.15) is 18.1 Å². The van der Waals surface area contributed by atoms with Crippen LogP contribution in [0.15, 0.2) is 54.6 Å². The zero-order valence-electron chi connectivity index (χ0n) is 22.1. The van der Waals surface area contributed by atoms with E-state index in [1.165, 1.54) is 0 Å². The summed E-state index contributed by atoms with van der Waals surface area (Å²) in [6.45, 7) is 16.0. The fraction of sp³-hybridized carbons (Fsp3) is 0.536. The fourth-order valence-electron chi connectivity index (χ4n) is 3.28. The van der Waals surface area contributed by atoms with E-state index in [0.29, 0.717) is 19.8 Å². The Morgan fingerprint density at radius 1 is 0.853 bits per heavy atom. The highest BCUT2D eigenvalue weighted by Crippen LogP contribution is 2.37. The maximum absolute atomic E-state index is 12.1. The molecule has 188 valence electrons. The Labute approximate surface area is 206 Å². The zero-order valence-corrected chi connectivity index (χ0v) is 23.1. The molecule has 0 aliphatic rings. The standard InChI is InChI=1S/C28H42O5Si/c1-27(2,3)34(7,8)33-20-25(31-18-22-12-10-9-11-13-22)26(28(4,5)21-29)32-19-23-14-16-24(30-6)17-15-23/h9-17,21,25-26H,18-20H2,1-8H3/t25-,26-/m0/s1. The fourth-order valence-corrected chi connectivity index (χ4v) is 4.30. The van der Waals surface area contributed by atoms with Gasteiger partial charge < -0.3 is 23.4 Å². The SMILES string of the molecule is COc1ccc(CO[C@@H]([C@H](CO[Si](C)(C)C(C)(C)C)OCc2ccccc2)C(C)(C)C=O)cc1. The molecule has 0 saturated carbocycles. The van der Waals surface area contributed by atoms with Crippen molar-refractivity contribution < 1.29 is 23.4 Å². The van der Waals surface area contributed by atoms with Crippen LogP contribution in [0.5, 0.6) is 5.75 Å². The van der Waals surface area contributed by atoms with Crippen LogP contribution < -0.4 is 4.74 Å². The second kappa shape index (κ2) is 12.1.